The van der Waals surface area contributed by atoms with E-state index in [4.69, 9.17) is 5.73 Å². The summed E-state index contributed by atoms with van der Waals surface area (Å²) in [5, 5.41) is 3.92. The van der Waals surface area contributed by atoms with Gasteiger partial charge in [0, 0.05) is 11.4 Å². The molecule has 0 aromatic carbocycles. The normalized spacial score (nSPS) is 10.7. The number of carbonyl (C=O) groups excluding carboxylic acids is 1. The maximum atomic E-state index is 10.8. The number of fused-ring (bicyclic) bond motifs is 1. The van der Waals surface area contributed by atoms with E-state index in [1.54, 1.807) is 0 Å². The molecule has 14 heavy (non-hydrogen) atoms. The van der Waals surface area contributed by atoms with Crippen molar-refractivity contribution in [1.29, 1.82) is 0 Å². The Hall–Kier alpha value is -1.98. The third kappa shape index (κ3) is 1.20. The number of hydrogen-bond donors (Lipinski definition) is 1. The van der Waals surface area contributed by atoms with E-state index in [9.17, 15) is 4.79 Å². The molecular formula is C8H9N5O. The zero-order valence-electron chi connectivity index (χ0n) is 7.85. The van der Waals surface area contributed by atoms with Crippen LogP contribution in [0.5, 0.6) is 0 Å². The van der Waals surface area contributed by atoms with Crippen LogP contribution in [0, 0.1) is 13.8 Å². The SMILES string of the molecule is Cc1cc(C)n2nc(C(N)=O)nc2n1. The van der Waals surface area contributed by atoms with Crippen molar-refractivity contribution < 1.29 is 4.79 Å². The van der Waals surface area contributed by atoms with Gasteiger partial charge in [0.25, 0.3) is 11.7 Å². The Bertz CT molecular complexity index is 516. The summed E-state index contributed by atoms with van der Waals surface area (Å²) in [4.78, 5) is 18.8. The lowest BCUT2D eigenvalue weighted by molar-refractivity contribution is 0.0990. The van der Waals surface area contributed by atoms with Crippen LogP contribution in [0.15, 0.2) is 6.07 Å². The molecule has 2 aromatic heterocycles. The zero-order valence-corrected chi connectivity index (χ0v) is 7.85. The summed E-state index contributed by atoms with van der Waals surface area (Å²) in [6.07, 6.45) is 0. The number of hydrogen-bond acceptors (Lipinski definition) is 4. The molecule has 0 unspecified atom stereocenters. The highest BCUT2D eigenvalue weighted by molar-refractivity contribution is 5.89. The monoisotopic (exact) mass is 191 g/mol. The number of aryl methyl sites for hydroxylation is 2. The fourth-order valence-corrected chi connectivity index (χ4v) is 1.27. The summed E-state index contributed by atoms with van der Waals surface area (Å²) in [5.41, 5.74) is 6.76. The number of amides is 1. The van der Waals surface area contributed by atoms with Gasteiger partial charge in [-0.15, -0.1) is 5.10 Å². The number of aromatic nitrogens is 4. The molecule has 0 atom stereocenters. The highest BCUT2D eigenvalue weighted by atomic mass is 16.1. The lowest BCUT2D eigenvalue weighted by Crippen LogP contribution is -2.13. The summed E-state index contributed by atoms with van der Waals surface area (Å²) in [6, 6.07) is 1.85. The van der Waals surface area contributed by atoms with Crippen molar-refractivity contribution in [2.45, 2.75) is 13.8 Å². The van der Waals surface area contributed by atoms with Crippen LogP contribution < -0.4 is 5.73 Å². The van der Waals surface area contributed by atoms with E-state index in [1.807, 2.05) is 19.9 Å². The minimum absolute atomic E-state index is 0.00815. The highest BCUT2D eigenvalue weighted by Crippen LogP contribution is 2.04. The molecule has 0 fully saturated rings. The molecule has 2 rings (SSSR count). The second-order valence-corrected chi connectivity index (χ2v) is 3.05. The van der Waals surface area contributed by atoms with Crippen LogP contribution in [0.1, 0.15) is 22.0 Å². The van der Waals surface area contributed by atoms with Crippen LogP contribution >= 0.6 is 0 Å². The molecule has 0 aliphatic carbocycles. The van der Waals surface area contributed by atoms with Crippen LogP contribution in [-0.2, 0) is 0 Å². The first-order valence-corrected chi connectivity index (χ1v) is 4.09. The molecule has 0 bridgehead atoms. The number of rotatable bonds is 1. The topological polar surface area (TPSA) is 86.2 Å². The minimum atomic E-state index is -0.646. The molecule has 2 aromatic rings. The number of nitrogens with two attached hydrogens (primary N) is 1. The lowest BCUT2D eigenvalue weighted by Gasteiger charge is -1.97. The second-order valence-electron chi connectivity index (χ2n) is 3.05. The van der Waals surface area contributed by atoms with E-state index in [0.29, 0.717) is 5.78 Å². The van der Waals surface area contributed by atoms with E-state index in [2.05, 4.69) is 15.1 Å². The Kier molecular flexibility index (Phi) is 1.70. The van der Waals surface area contributed by atoms with E-state index in [0.717, 1.165) is 11.4 Å². The Morgan fingerprint density at radius 2 is 2.14 bits per heavy atom. The first-order chi connectivity index (χ1) is 6.58. The minimum Gasteiger partial charge on any atom is -0.363 e. The Morgan fingerprint density at radius 3 is 2.79 bits per heavy atom. The van der Waals surface area contributed by atoms with Crippen molar-refractivity contribution in [3.63, 3.8) is 0 Å². The van der Waals surface area contributed by atoms with E-state index in [1.165, 1.54) is 4.52 Å². The van der Waals surface area contributed by atoms with Gasteiger partial charge >= 0.3 is 0 Å². The molecule has 0 aliphatic rings. The van der Waals surface area contributed by atoms with E-state index in [-0.39, 0.29) is 5.82 Å². The molecule has 0 radical (unpaired) electrons. The Morgan fingerprint density at radius 1 is 1.43 bits per heavy atom. The summed E-state index contributed by atoms with van der Waals surface area (Å²) < 4.78 is 1.49. The average molecular weight is 191 g/mol. The number of carbonyl (C=O) groups is 1. The summed E-state index contributed by atoms with van der Waals surface area (Å²) in [5.74, 6) is -0.255. The molecule has 0 aliphatic heterocycles. The molecule has 2 N–H and O–H groups in total. The van der Waals surface area contributed by atoms with Crippen molar-refractivity contribution in [2.24, 2.45) is 5.73 Å². The van der Waals surface area contributed by atoms with Crippen LogP contribution in [-0.4, -0.2) is 25.5 Å². The van der Waals surface area contributed by atoms with Crippen molar-refractivity contribution in [3.05, 3.63) is 23.3 Å². The molecule has 72 valence electrons. The predicted octanol–water partition coefficient (Wildman–Crippen LogP) is -0.160. The highest BCUT2D eigenvalue weighted by Gasteiger charge is 2.10. The van der Waals surface area contributed by atoms with Crippen molar-refractivity contribution in [3.8, 4) is 0 Å². The predicted molar refractivity (Wildman–Crippen MR) is 48.8 cm³/mol. The van der Waals surface area contributed by atoms with Crippen molar-refractivity contribution in [2.75, 3.05) is 0 Å². The molecular weight excluding hydrogens is 182 g/mol. The molecule has 2 heterocycles. The van der Waals surface area contributed by atoms with Crippen LogP contribution in [0.25, 0.3) is 5.78 Å². The van der Waals surface area contributed by atoms with E-state index >= 15 is 0 Å². The molecule has 0 saturated carbocycles. The quantitative estimate of drug-likeness (QED) is 0.678. The third-order valence-electron chi connectivity index (χ3n) is 1.84. The number of primary amides is 1. The maximum Gasteiger partial charge on any atom is 0.288 e. The zero-order chi connectivity index (χ0) is 10.3. The molecule has 1 amide bonds. The van der Waals surface area contributed by atoms with Crippen molar-refractivity contribution >= 4 is 11.7 Å². The van der Waals surface area contributed by atoms with Crippen LogP contribution in [0.2, 0.25) is 0 Å². The summed E-state index contributed by atoms with van der Waals surface area (Å²) in [7, 11) is 0. The first kappa shape index (κ1) is 8.61. The largest absolute Gasteiger partial charge is 0.363 e. The first-order valence-electron chi connectivity index (χ1n) is 4.09. The van der Waals surface area contributed by atoms with Crippen molar-refractivity contribution in [1.82, 2.24) is 19.6 Å². The fraction of sp³-hybridized carbons (Fsp3) is 0.250. The molecule has 0 spiro atoms. The third-order valence-corrected chi connectivity index (χ3v) is 1.84. The second kappa shape index (κ2) is 2.76. The van der Waals surface area contributed by atoms with Crippen LogP contribution in [0.4, 0.5) is 0 Å². The van der Waals surface area contributed by atoms with Gasteiger partial charge in [0.05, 0.1) is 0 Å². The maximum absolute atomic E-state index is 10.8. The van der Waals surface area contributed by atoms with Gasteiger partial charge in [0.15, 0.2) is 0 Å². The average Bonchev–Trinajstić information content (AvgIpc) is 2.47. The Balaban J connectivity index is 2.76. The van der Waals surface area contributed by atoms with Gasteiger partial charge in [0.1, 0.15) is 0 Å². The number of nitrogens with zero attached hydrogens (tertiary/aromatic N) is 4. The van der Waals surface area contributed by atoms with Gasteiger partial charge < -0.3 is 5.73 Å². The van der Waals surface area contributed by atoms with Gasteiger partial charge in [-0.3, -0.25) is 4.79 Å². The van der Waals surface area contributed by atoms with Gasteiger partial charge in [-0.2, -0.15) is 4.98 Å². The van der Waals surface area contributed by atoms with Gasteiger partial charge in [-0.05, 0) is 19.9 Å². The van der Waals surface area contributed by atoms with Gasteiger partial charge in [0.2, 0.25) is 5.82 Å². The summed E-state index contributed by atoms with van der Waals surface area (Å²) in [6.45, 7) is 3.72. The summed E-state index contributed by atoms with van der Waals surface area (Å²) >= 11 is 0. The van der Waals surface area contributed by atoms with Crippen LogP contribution in [0.3, 0.4) is 0 Å². The Labute approximate surface area is 79.8 Å². The van der Waals surface area contributed by atoms with E-state index < -0.39 is 5.91 Å². The molecule has 0 saturated heterocycles. The van der Waals surface area contributed by atoms with Gasteiger partial charge in [-0.1, -0.05) is 0 Å². The smallest absolute Gasteiger partial charge is 0.288 e. The van der Waals surface area contributed by atoms with Gasteiger partial charge in [-0.25, -0.2) is 9.50 Å². The molecule has 6 heteroatoms. The standard InChI is InChI=1S/C8H9N5O/c1-4-3-5(2)13-8(10-4)11-7(12-13)6(9)14/h3H,1-2H3,(H2,9,14). The fourth-order valence-electron chi connectivity index (χ4n) is 1.27. The molecule has 6 nitrogen and oxygen atoms in total. The lowest BCUT2D eigenvalue weighted by atomic mass is 10.4.